The van der Waals surface area contributed by atoms with E-state index in [1.165, 1.54) is 0 Å². The first-order chi connectivity index (χ1) is 33.2. The van der Waals surface area contributed by atoms with Crippen LogP contribution in [0.2, 0.25) is 25.7 Å². The Morgan fingerprint density at radius 1 is 0.426 bits per heavy atom. The van der Waals surface area contributed by atoms with Crippen molar-refractivity contribution >= 4 is 8.07 Å². The lowest BCUT2D eigenvalue weighted by atomic mass is 9.80. The van der Waals surface area contributed by atoms with Crippen molar-refractivity contribution in [1.29, 1.82) is 0 Å². The van der Waals surface area contributed by atoms with E-state index >= 15 is 0 Å². The molecule has 0 N–H and O–H groups in total. The van der Waals surface area contributed by atoms with Gasteiger partial charge in [0.1, 0.15) is 41.5 Å². The van der Waals surface area contributed by atoms with Gasteiger partial charge in [-0.3, -0.25) is 0 Å². The number of hydrogen-bond acceptors (Lipinski definition) is 7. The highest BCUT2D eigenvalue weighted by atomic mass is 28.3. The van der Waals surface area contributed by atoms with Gasteiger partial charge in [0.2, 0.25) is 0 Å². The maximum Gasteiger partial charge on any atom is 0.147 e. The lowest BCUT2D eigenvalue weighted by Crippen LogP contribution is -2.51. The van der Waals surface area contributed by atoms with Gasteiger partial charge in [0.25, 0.3) is 0 Å². The molecule has 0 saturated carbocycles. The average Bonchev–Trinajstić information content (AvgIpc) is 3.39. The van der Waals surface area contributed by atoms with Crippen LogP contribution in [-0.4, -0.2) is 53.3 Å². The summed E-state index contributed by atoms with van der Waals surface area (Å²) in [6, 6.07) is 68.2. The van der Waals surface area contributed by atoms with Crippen LogP contribution in [0.5, 0.6) is 11.5 Å². The van der Waals surface area contributed by atoms with Crippen molar-refractivity contribution in [2.24, 2.45) is 0 Å². The molecule has 0 aliphatic rings. The maximum absolute atomic E-state index is 7.61. The highest BCUT2D eigenvalue weighted by Gasteiger charge is 2.43. The molecule has 68 heavy (non-hydrogen) atoms. The molecule has 0 aromatic heterocycles. The Bertz CT molecular complexity index is 2460. The summed E-state index contributed by atoms with van der Waals surface area (Å²) < 4.78 is 47.2. The van der Waals surface area contributed by atoms with E-state index in [1.54, 1.807) is 14.2 Å². The molecule has 0 spiro atoms. The molecular weight excluding hydrogens is 861 g/mol. The Kier molecular flexibility index (Phi) is 18.4. The molecule has 0 aliphatic carbocycles. The Morgan fingerprint density at radius 2 is 0.794 bits per heavy atom. The summed E-state index contributed by atoms with van der Waals surface area (Å²) in [5.41, 5.74) is 5.83. The van der Waals surface area contributed by atoms with Gasteiger partial charge >= 0.3 is 0 Å². The van der Waals surface area contributed by atoms with E-state index < -0.39 is 38.1 Å². The number of ether oxygens (including phenoxy) is 7. The first kappa shape index (κ1) is 49.6. The molecule has 7 rings (SSSR count). The van der Waals surface area contributed by atoms with Gasteiger partial charge in [0.15, 0.2) is 0 Å². The van der Waals surface area contributed by atoms with Crippen molar-refractivity contribution in [3.05, 3.63) is 239 Å². The maximum atomic E-state index is 7.61. The minimum atomic E-state index is -1.59. The lowest BCUT2D eigenvalue weighted by Gasteiger charge is -2.40. The summed E-state index contributed by atoms with van der Waals surface area (Å²) in [5.74, 6) is 8.69. The van der Waals surface area contributed by atoms with Gasteiger partial charge < -0.3 is 33.2 Å². The van der Waals surface area contributed by atoms with Crippen molar-refractivity contribution < 1.29 is 33.2 Å². The summed E-state index contributed by atoms with van der Waals surface area (Å²) in [5, 5.41) is 0. The van der Waals surface area contributed by atoms with Gasteiger partial charge in [-0.25, -0.2) is 0 Å². The topological polar surface area (TPSA) is 64.6 Å². The van der Waals surface area contributed by atoms with E-state index in [1.807, 2.05) is 103 Å². The summed E-state index contributed by atoms with van der Waals surface area (Å²) in [7, 11) is 1.74. The Balaban J connectivity index is 1.38. The summed E-state index contributed by atoms with van der Waals surface area (Å²) in [4.78, 5) is 0. The Labute approximate surface area is 405 Å². The van der Waals surface area contributed by atoms with Crippen LogP contribution in [-0.2, 0) is 55.7 Å². The molecule has 0 radical (unpaired) electrons. The van der Waals surface area contributed by atoms with Crippen molar-refractivity contribution in [3.8, 4) is 23.3 Å². The van der Waals surface area contributed by atoms with E-state index in [9.17, 15) is 0 Å². The molecule has 0 aliphatic heterocycles. The zero-order chi connectivity index (χ0) is 47.4. The molecule has 0 heterocycles. The van der Waals surface area contributed by atoms with E-state index in [-0.39, 0.29) is 33.0 Å². The van der Waals surface area contributed by atoms with Gasteiger partial charge in [0, 0.05) is 6.04 Å². The molecule has 350 valence electrons. The molecule has 8 heteroatoms. The van der Waals surface area contributed by atoms with Gasteiger partial charge in [-0.1, -0.05) is 201 Å². The third-order valence-electron chi connectivity index (χ3n) is 11.6. The van der Waals surface area contributed by atoms with Gasteiger partial charge in [-0.05, 0) is 63.2 Å². The molecule has 7 nitrogen and oxygen atoms in total. The molecular formula is C60H64O7Si. The monoisotopic (exact) mass is 924 g/mol. The molecule has 7 aromatic carbocycles. The highest BCUT2D eigenvalue weighted by Crippen LogP contribution is 2.41. The van der Waals surface area contributed by atoms with E-state index in [0.29, 0.717) is 0 Å². The Hall–Kier alpha value is -6.28. The molecule has 0 unspecified atom stereocenters. The van der Waals surface area contributed by atoms with E-state index in [2.05, 4.69) is 129 Å². The zero-order valence-electron chi connectivity index (χ0n) is 40.0. The lowest BCUT2D eigenvalue weighted by molar-refractivity contribution is -0.196. The predicted octanol–water partition coefficient (Wildman–Crippen LogP) is 12.7. The second-order valence-electron chi connectivity index (χ2n) is 17.9. The third-order valence-corrected chi connectivity index (χ3v) is 12.9. The predicted molar refractivity (Wildman–Crippen MR) is 274 cm³/mol. The van der Waals surface area contributed by atoms with Crippen LogP contribution in [0.15, 0.2) is 200 Å². The van der Waals surface area contributed by atoms with Gasteiger partial charge in [0.05, 0.1) is 55.3 Å². The fraction of sp³-hybridized carbons (Fsp3) is 0.267. The van der Waals surface area contributed by atoms with E-state index in [0.717, 1.165) is 56.5 Å². The first-order valence-electron chi connectivity index (χ1n) is 23.3. The second-order valence-corrected chi connectivity index (χ2v) is 23.4. The van der Waals surface area contributed by atoms with Crippen LogP contribution in [0.4, 0.5) is 0 Å². The molecule has 0 amide bonds. The van der Waals surface area contributed by atoms with Crippen LogP contribution in [0.3, 0.4) is 0 Å². The van der Waals surface area contributed by atoms with E-state index in [4.69, 9.17) is 33.2 Å². The minimum absolute atomic E-state index is 0.0948. The molecule has 0 bridgehead atoms. The molecule has 4 atom stereocenters. The number of rotatable bonds is 24. The third kappa shape index (κ3) is 14.1. The van der Waals surface area contributed by atoms with Crippen molar-refractivity contribution in [3.63, 3.8) is 0 Å². The minimum Gasteiger partial charge on any atom is -0.497 e. The normalized spacial score (nSPS) is 13.4. The molecule has 0 fully saturated rings. The molecule has 7 aromatic rings. The number of methoxy groups -OCH3 is 2. The fourth-order valence-electron chi connectivity index (χ4n) is 7.98. The van der Waals surface area contributed by atoms with Crippen LogP contribution in [0.25, 0.3) is 0 Å². The van der Waals surface area contributed by atoms with Crippen molar-refractivity contribution in [2.45, 2.75) is 82.1 Å². The summed E-state index contributed by atoms with van der Waals surface area (Å²) in [6.45, 7) is 8.14. The summed E-state index contributed by atoms with van der Waals surface area (Å²) in [6.07, 6.45) is -3.03. The van der Waals surface area contributed by atoms with Gasteiger partial charge in [-0.15, -0.1) is 5.92 Å². The first-order valence-corrected chi connectivity index (χ1v) is 27.0. The van der Waals surface area contributed by atoms with Crippen LogP contribution in [0.1, 0.15) is 38.9 Å². The Morgan fingerprint density at radius 3 is 1.21 bits per heavy atom. The fourth-order valence-corrected chi connectivity index (χ4v) is 8.62. The van der Waals surface area contributed by atoms with Gasteiger partial charge in [-0.2, -0.15) is 0 Å². The van der Waals surface area contributed by atoms with Crippen LogP contribution in [0, 0.1) is 11.8 Å². The van der Waals surface area contributed by atoms with Crippen molar-refractivity contribution in [2.75, 3.05) is 20.8 Å². The SMILES string of the molecule is COc1ccc(CO[C@@H]([C@H](OCc2ccccc2)[C@H](C#CC[Si](C)(C)C)OCc2ccc(OC)cc2)[C@@H](COC(c2ccccc2)(c2ccccc2)c2ccccc2)OCc2ccccc2)cc1. The summed E-state index contributed by atoms with van der Waals surface area (Å²) >= 11 is 0. The van der Waals surface area contributed by atoms with Crippen molar-refractivity contribution in [1.82, 2.24) is 0 Å². The second kappa shape index (κ2) is 25.2. The number of hydrogen-bond donors (Lipinski definition) is 0. The number of benzene rings is 7. The zero-order valence-corrected chi connectivity index (χ0v) is 41.0. The smallest absolute Gasteiger partial charge is 0.147 e. The standard InChI is InChI=1S/C60H64O7Si/c1-61-54-37-33-49(34-38-54)43-63-56(32-21-41-68(3,4)5)58(65-44-48-24-13-7-14-25-48)59(66-45-50-35-39-55(62-2)40-36-50)57(64-42-47-22-11-6-12-23-47)46-67-60(51-26-15-8-16-27-51,52-28-17-9-18-29-52)53-30-19-10-20-31-53/h6-20,22-31,33-40,56-59H,41-46H2,1-5H3/t56-,57+,58+,59+/m0/s1. The van der Waals surface area contributed by atoms with Crippen LogP contribution >= 0.6 is 0 Å². The van der Waals surface area contributed by atoms with Crippen LogP contribution < -0.4 is 9.47 Å². The average molecular weight is 925 g/mol. The molecule has 0 saturated heterocycles. The highest BCUT2D eigenvalue weighted by molar-refractivity contribution is 6.76. The quantitative estimate of drug-likeness (QED) is 0.0340. The largest absolute Gasteiger partial charge is 0.497 e.